The van der Waals surface area contributed by atoms with Gasteiger partial charge in [0.15, 0.2) is 0 Å². The zero-order valence-electron chi connectivity index (χ0n) is 11.2. The van der Waals surface area contributed by atoms with Gasteiger partial charge in [-0.25, -0.2) is 0 Å². The van der Waals surface area contributed by atoms with Crippen LogP contribution in [0.4, 0.5) is 0 Å². The van der Waals surface area contributed by atoms with Crippen LogP contribution in [0.5, 0.6) is 0 Å². The fraction of sp³-hybridized carbons (Fsp3) is 0.750. The van der Waals surface area contributed by atoms with Crippen LogP contribution in [-0.4, -0.2) is 59.6 Å². The molecule has 3 amide bonds. The SMILES string of the molecule is CN(O)CCNC(=O)CCCCN1C(=O)CCC1=O. The van der Waals surface area contributed by atoms with Gasteiger partial charge >= 0.3 is 0 Å². The fourth-order valence-electron chi connectivity index (χ4n) is 1.87. The molecule has 0 radical (unpaired) electrons. The van der Waals surface area contributed by atoms with Gasteiger partial charge in [-0.3, -0.25) is 19.3 Å². The Hall–Kier alpha value is -1.47. The summed E-state index contributed by atoms with van der Waals surface area (Å²) in [5.74, 6) is -0.304. The molecule has 0 unspecified atom stereocenters. The second kappa shape index (κ2) is 7.85. The third kappa shape index (κ3) is 5.80. The quantitative estimate of drug-likeness (QED) is 0.361. The summed E-state index contributed by atoms with van der Waals surface area (Å²) in [5, 5.41) is 12.5. The maximum atomic E-state index is 11.4. The van der Waals surface area contributed by atoms with E-state index < -0.39 is 0 Å². The van der Waals surface area contributed by atoms with Crippen molar-refractivity contribution in [3.05, 3.63) is 0 Å². The van der Waals surface area contributed by atoms with Gasteiger partial charge in [0.25, 0.3) is 0 Å². The molecule has 19 heavy (non-hydrogen) atoms. The summed E-state index contributed by atoms with van der Waals surface area (Å²) in [4.78, 5) is 35.3. The monoisotopic (exact) mass is 271 g/mol. The molecule has 1 rings (SSSR count). The van der Waals surface area contributed by atoms with Crippen LogP contribution in [0.15, 0.2) is 0 Å². The first kappa shape index (κ1) is 15.6. The number of hydrogen-bond donors (Lipinski definition) is 2. The Morgan fingerprint density at radius 3 is 2.53 bits per heavy atom. The van der Waals surface area contributed by atoms with Gasteiger partial charge in [0.05, 0.1) is 0 Å². The summed E-state index contributed by atoms with van der Waals surface area (Å²) in [6, 6.07) is 0. The molecule has 7 nitrogen and oxygen atoms in total. The highest BCUT2D eigenvalue weighted by atomic mass is 16.5. The standard InChI is InChI=1S/C12H21N3O4/c1-14(19)9-7-13-10(16)4-2-3-8-15-11(17)5-6-12(15)18/h19H,2-9H2,1H3,(H,13,16). The van der Waals surface area contributed by atoms with Gasteiger partial charge in [0.2, 0.25) is 17.7 Å². The maximum absolute atomic E-state index is 11.4. The normalized spacial score (nSPS) is 15.4. The number of hydrogen-bond acceptors (Lipinski definition) is 5. The van der Waals surface area contributed by atoms with Crippen molar-refractivity contribution in [3.63, 3.8) is 0 Å². The van der Waals surface area contributed by atoms with E-state index in [2.05, 4.69) is 5.32 Å². The number of hydroxylamine groups is 2. The van der Waals surface area contributed by atoms with Crippen LogP contribution >= 0.6 is 0 Å². The summed E-state index contributed by atoms with van der Waals surface area (Å²) in [7, 11) is 1.51. The Labute approximate surface area is 112 Å². The Balaban J connectivity index is 2.05. The minimum Gasteiger partial charge on any atom is -0.355 e. The molecule has 0 aromatic rings. The van der Waals surface area contributed by atoms with Crippen LogP contribution in [0, 0.1) is 0 Å². The van der Waals surface area contributed by atoms with E-state index >= 15 is 0 Å². The molecular weight excluding hydrogens is 250 g/mol. The van der Waals surface area contributed by atoms with Gasteiger partial charge in [-0.2, -0.15) is 5.06 Å². The van der Waals surface area contributed by atoms with Crippen LogP contribution < -0.4 is 5.32 Å². The highest BCUT2D eigenvalue weighted by Crippen LogP contribution is 2.12. The number of carbonyl (C=O) groups excluding carboxylic acids is 3. The van der Waals surface area contributed by atoms with E-state index in [-0.39, 0.29) is 17.7 Å². The second-order valence-electron chi connectivity index (χ2n) is 4.63. The average Bonchev–Trinajstić information content (AvgIpc) is 2.65. The third-order valence-electron chi connectivity index (χ3n) is 2.95. The Morgan fingerprint density at radius 2 is 1.95 bits per heavy atom. The Morgan fingerprint density at radius 1 is 1.32 bits per heavy atom. The molecule has 0 aromatic heterocycles. The number of carbonyl (C=O) groups is 3. The van der Waals surface area contributed by atoms with E-state index in [1.165, 1.54) is 11.9 Å². The van der Waals surface area contributed by atoms with E-state index in [9.17, 15) is 14.4 Å². The lowest BCUT2D eigenvalue weighted by molar-refractivity contribution is -0.138. The lowest BCUT2D eigenvalue weighted by atomic mass is 10.2. The molecular formula is C12H21N3O4. The lowest BCUT2D eigenvalue weighted by Crippen LogP contribution is -2.32. The van der Waals surface area contributed by atoms with Crippen molar-refractivity contribution < 1.29 is 19.6 Å². The molecule has 0 aliphatic carbocycles. The predicted molar refractivity (Wildman–Crippen MR) is 67.2 cm³/mol. The van der Waals surface area contributed by atoms with Gasteiger partial charge in [0, 0.05) is 45.9 Å². The third-order valence-corrected chi connectivity index (χ3v) is 2.95. The first-order valence-corrected chi connectivity index (χ1v) is 6.50. The molecule has 108 valence electrons. The van der Waals surface area contributed by atoms with Crippen molar-refractivity contribution in [1.82, 2.24) is 15.3 Å². The van der Waals surface area contributed by atoms with Crippen molar-refractivity contribution >= 4 is 17.7 Å². The van der Waals surface area contributed by atoms with E-state index in [0.717, 1.165) is 5.06 Å². The van der Waals surface area contributed by atoms with Gasteiger partial charge in [0.1, 0.15) is 0 Å². The molecule has 0 saturated carbocycles. The topological polar surface area (TPSA) is 89.9 Å². The summed E-state index contributed by atoms with van der Waals surface area (Å²) in [5.41, 5.74) is 0. The maximum Gasteiger partial charge on any atom is 0.229 e. The van der Waals surface area contributed by atoms with Gasteiger partial charge in [-0.15, -0.1) is 0 Å². The molecule has 0 aromatic carbocycles. The number of nitrogens with one attached hydrogen (secondary N) is 1. The molecule has 1 aliphatic heterocycles. The van der Waals surface area contributed by atoms with Gasteiger partial charge in [-0.05, 0) is 12.8 Å². The molecule has 1 saturated heterocycles. The first-order valence-electron chi connectivity index (χ1n) is 6.50. The lowest BCUT2D eigenvalue weighted by Gasteiger charge is -2.13. The van der Waals surface area contributed by atoms with Crippen molar-refractivity contribution in [1.29, 1.82) is 0 Å². The number of imide groups is 1. The van der Waals surface area contributed by atoms with Gasteiger partial charge < -0.3 is 10.5 Å². The number of unbranched alkanes of at least 4 members (excludes halogenated alkanes) is 1. The van der Waals surface area contributed by atoms with E-state index in [1.54, 1.807) is 0 Å². The fourth-order valence-corrected chi connectivity index (χ4v) is 1.87. The zero-order valence-corrected chi connectivity index (χ0v) is 11.2. The zero-order chi connectivity index (χ0) is 14.3. The Bertz CT molecular complexity index is 328. The van der Waals surface area contributed by atoms with E-state index in [4.69, 9.17) is 5.21 Å². The molecule has 7 heteroatoms. The van der Waals surface area contributed by atoms with Crippen LogP contribution in [0.3, 0.4) is 0 Å². The average molecular weight is 271 g/mol. The van der Waals surface area contributed by atoms with Crippen LogP contribution in [-0.2, 0) is 14.4 Å². The summed E-state index contributed by atoms with van der Waals surface area (Å²) >= 11 is 0. The summed E-state index contributed by atoms with van der Waals surface area (Å²) in [6.07, 6.45) is 2.27. The van der Waals surface area contributed by atoms with E-state index in [0.29, 0.717) is 51.7 Å². The minimum absolute atomic E-state index is 0.0825. The van der Waals surface area contributed by atoms with Crippen molar-refractivity contribution in [2.75, 3.05) is 26.7 Å². The molecule has 1 heterocycles. The van der Waals surface area contributed by atoms with Crippen molar-refractivity contribution in [2.45, 2.75) is 32.1 Å². The highest BCUT2D eigenvalue weighted by molar-refractivity contribution is 6.01. The van der Waals surface area contributed by atoms with Crippen molar-refractivity contribution in [2.24, 2.45) is 0 Å². The van der Waals surface area contributed by atoms with Crippen molar-refractivity contribution in [3.8, 4) is 0 Å². The van der Waals surface area contributed by atoms with Crippen LogP contribution in [0.25, 0.3) is 0 Å². The first-order chi connectivity index (χ1) is 9.00. The molecule has 0 atom stereocenters. The number of nitrogens with zero attached hydrogens (tertiary/aromatic N) is 2. The van der Waals surface area contributed by atoms with Gasteiger partial charge in [-0.1, -0.05) is 0 Å². The van der Waals surface area contributed by atoms with E-state index in [1.807, 2.05) is 0 Å². The number of rotatable bonds is 8. The molecule has 1 fully saturated rings. The number of likely N-dealkylation sites (N-methyl/N-ethyl adjacent to an activating group) is 1. The highest BCUT2D eigenvalue weighted by Gasteiger charge is 2.27. The molecule has 2 N–H and O–H groups in total. The minimum atomic E-state index is -0.111. The van der Waals surface area contributed by atoms with Crippen LogP contribution in [0.2, 0.25) is 0 Å². The Kier molecular flexibility index (Phi) is 6.44. The summed E-state index contributed by atoms with van der Waals surface area (Å²) in [6.45, 7) is 1.18. The number of amides is 3. The summed E-state index contributed by atoms with van der Waals surface area (Å²) < 4.78 is 0. The predicted octanol–water partition coefficient (Wildman–Crippen LogP) is -0.257. The smallest absolute Gasteiger partial charge is 0.229 e. The molecule has 0 spiro atoms. The molecule has 0 bridgehead atoms. The molecule has 1 aliphatic rings. The largest absolute Gasteiger partial charge is 0.355 e. The second-order valence-corrected chi connectivity index (χ2v) is 4.63. The number of likely N-dealkylation sites (tertiary alicyclic amines) is 1. The van der Waals surface area contributed by atoms with Crippen LogP contribution in [0.1, 0.15) is 32.1 Å².